The summed E-state index contributed by atoms with van der Waals surface area (Å²) in [6.45, 7) is 2.27. The molecule has 6 nitrogen and oxygen atoms in total. The summed E-state index contributed by atoms with van der Waals surface area (Å²) in [5, 5.41) is 6.91. The molecule has 0 aliphatic heterocycles. The minimum absolute atomic E-state index is 0.349. The van der Waals surface area contributed by atoms with E-state index in [-0.39, 0.29) is 0 Å². The zero-order valence-electron chi connectivity index (χ0n) is 16.7. The summed E-state index contributed by atoms with van der Waals surface area (Å²) in [7, 11) is 1.37. The fraction of sp³-hybridized carbons (Fsp3) is 0.800. The van der Waals surface area contributed by atoms with Crippen LogP contribution in [0.1, 0.15) is 106 Å². The van der Waals surface area contributed by atoms with E-state index in [2.05, 4.69) is 22.5 Å². The number of H-pyrrole nitrogens is 1. The lowest BCUT2D eigenvalue weighted by molar-refractivity contribution is 0.0600. The number of nitrogens with one attached hydrogen (secondary N) is 2. The summed E-state index contributed by atoms with van der Waals surface area (Å²) < 4.78 is 4.80. The standard InChI is InChI=1S/C20H38N4O2/c1-3-4-5-6-7-8-9-10-11-12-13-14-15-16-17-18(20(25)26-2)19(22-21)24-23-17/h3-16,21H2,1-2H3,(H2,22,23,24). The second-order valence-corrected chi connectivity index (χ2v) is 7.05. The van der Waals surface area contributed by atoms with Gasteiger partial charge in [0.15, 0.2) is 5.82 Å². The lowest BCUT2D eigenvalue weighted by atomic mass is 10.0. The van der Waals surface area contributed by atoms with Gasteiger partial charge < -0.3 is 10.2 Å². The SMILES string of the molecule is CCCCCCCCCCCCCCCc1[nH]nc(NN)c1C(=O)OC. The molecule has 0 spiro atoms. The number of rotatable bonds is 16. The number of aromatic amines is 1. The van der Waals surface area contributed by atoms with E-state index in [1.807, 2.05) is 0 Å². The molecule has 6 heteroatoms. The maximum absolute atomic E-state index is 11.8. The second-order valence-electron chi connectivity index (χ2n) is 7.05. The molecule has 26 heavy (non-hydrogen) atoms. The molecule has 0 aromatic carbocycles. The minimum atomic E-state index is -0.406. The number of carbonyl (C=O) groups is 1. The Balaban J connectivity index is 2.04. The predicted molar refractivity (Wildman–Crippen MR) is 107 cm³/mol. The lowest BCUT2D eigenvalue weighted by Gasteiger charge is -2.04. The Labute approximate surface area is 158 Å². The van der Waals surface area contributed by atoms with Crippen molar-refractivity contribution in [2.45, 2.75) is 96.8 Å². The van der Waals surface area contributed by atoms with Crippen molar-refractivity contribution in [3.05, 3.63) is 11.3 Å². The van der Waals surface area contributed by atoms with Crippen LogP contribution in [0.5, 0.6) is 0 Å². The number of ether oxygens (including phenoxy) is 1. The fourth-order valence-corrected chi connectivity index (χ4v) is 3.30. The molecular formula is C20H38N4O2. The number of hydrogen-bond donors (Lipinski definition) is 3. The van der Waals surface area contributed by atoms with Gasteiger partial charge in [-0.1, -0.05) is 84.0 Å². The van der Waals surface area contributed by atoms with Crippen LogP contribution in [0.4, 0.5) is 5.82 Å². The highest BCUT2D eigenvalue weighted by Crippen LogP contribution is 2.19. The molecule has 0 saturated carbocycles. The van der Waals surface area contributed by atoms with E-state index in [1.54, 1.807) is 0 Å². The minimum Gasteiger partial charge on any atom is -0.465 e. The van der Waals surface area contributed by atoms with Crippen molar-refractivity contribution < 1.29 is 9.53 Å². The Hall–Kier alpha value is -1.56. The van der Waals surface area contributed by atoms with E-state index in [0.717, 1.165) is 18.5 Å². The van der Waals surface area contributed by atoms with Crippen molar-refractivity contribution >= 4 is 11.8 Å². The first-order valence-corrected chi connectivity index (χ1v) is 10.4. The van der Waals surface area contributed by atoms with Crippen LogP contribution in [0, 0.1) is 0 Å². The molecule has 0 amide bonds. The third kappa shape index (κ3) is 8.70. The van der Waals surface area contributed by atoms with Gasteiger partial charge in [0.1, 0.15) is 5.56 Å². The number of nitrogens with two attached hydrogens (primary N) is 1. The first-order valence-electron chi connectivity index (χ1n) is 10.4. The summed E-state index contributed by atoms with van der Waals surface area (Å²) in [6.07, 6.45) is 18.0. The number of aryl methyl sites for hydroxylation is 1. The maximum atomic E-state index is 11.8. The Morgan fingerprint density at radius 2 is 1.46 bits per heavy atom. The molecule has 4 N–H and O–H groups in total. The molecule has 1 rings (SSSR count). The van der Waals surface area contributed by atoms with Crippen molar-refractivity contribution in [2.75, 3.05) is 12.5 Å². The number of anilines is 1. The molecule has 1 aromatic rings. The van der Waals surface area contributed by atoms with Crippen LogP contribution in [-0.4, -0.2) is 23.3 Å². The molecule has 0 bridgehead atoms. The molecule has 0 unspecified atom stereocenters. The average molecular weight is 367 g/mol. The highest BCUT2D eigenvalue weighted by Gasteiger charge is 2.20. The molecule has 0 fully saturated rings. The van der Waals surface area contributed by atoms with Gasteiger partial charge in [0.05, 0.1) is 12.8 Å². The Morgan fingerprint density at radius 3 is 1.92 bits per heavy atom. The van der Waals surface area contributed by atoms with Crippen LogP contribution in [0.3, 0.4) is 0 Å². The molecule has 1 heterocycles. The van der Waals surface area contributed by atoms with Gasteiger partial charge in [-0.05, 0) is 12.8 Å². The van der Waals surface area contributed by atoms with E-state index >= 15 is 0 Å². The van der Waals surface area contributed by atoms with E-state index in [4.69, 9.17) is 10.6 Å². The van der Waals surface area contributed by atoms with Gasteiger partial charge in [0, 0.05) is 0 Å². The number of esters is 1. The third-order valence-electron chi connectivity index (χ3n) is 4.90. The zero-order valence-corrected chi connectivity index (χ0v) is 16.7. The topological polar surface area (TPSA) is 93.0 Å². The van der Waals surface area contributed by atoms with Crippen LogP contribution < -0.4 is 11.3 Å². The number of unbranched alkanes of at least 4 members (excludes halogenated alkanes) is 12. The first kappa shape index (κ1) is 22.5. The highest BCUT2D eigenvalue weighted by atomic mass is 16.5. The Bertz CT molecular complexity index is 488. The second kappa shape index (κ2) is 14.6. The molecule has 150 valence electrons. The molecular weight excluding hydrogens is 328 g/mol. The van der Waals surface area contributed by atoms with Gasteiger partial charge in [-0.25, -0.2) is 10.6 Å². The maximum Gasteiger partial charge on any atom is 0.343 e. The van der Waals surface area contributed by atoms with Gasteiger partial charge in [0.2, 0.25) is 0 Å². The van der Waals surface area contributed by atoms with Crippen LogP contribution in [0.25, 0.3) is 0 Å². The molecule has 0 atom stereocenters. The molecule has 0 radical (unpaired) electrons. The van der Waals surface area contributed by atoms with Gasteiger partial charge >= 0.3 is 5.97 Å². The van der Waals surface area contributed by atoms with Crippen molar-refractivity contribution in [2.24, 2.45) is 5.84 Å². The molecule has 0 aliphatic rings. The van der Waals surface area contributed by atoms with E-state index in [1.165, 1.54) is 84.2 Å². The fourth-order valence-electron chi connectivity index (χ4n) is 3.30. The summed E-state index contributed by atoms with van der Waals surface area (Å²) in [4.78, 5) is 11.8. The van der Waals surface area contributed by atoms with Crippen LogP contribution in [0.15, 0.2) is 0 Å². The number of hydrazine groups is 1. The smallest absolute Gasteiger partial charge is 0.343 e. The lowest BCUT2D eigenvalue weighted by Crippen LogP contribution is -2.13. The third-order valence-corrected chi connectivity index (χ3v) is 4.90. The Kier molecular flexibility index (Phi) is 12.6. The van der Waals surface area contributed by atoms with Crippen LogP contribution in [0.2, 0.25) is 0 Å². The van der Waals surface area contributed by atoms with E-state index in [0.29, 0.717) is 11.4 Å². The normalized spacial score (nSPS) is 10.9. The van der Waals surface area contributed by atoms with Gasteiger partial charge in [-0.2, -0.15) is 5.10 Å². The molecule has 1 aromatic heterocycles. The van der Waals surface area contributed by atoms with Gasteiger partial charge in [-0.3, -0.25) is 5.10 Å². The summed E-state index contributed by atoms with van der Waals surface area (Å²) in [5.41, 5.74) is 3.66. The van der Waals surface area contributed by atoms with E-state index < -0.39 is 5.97 Å². The number of hydrogen-bond acceptors (Lipinski definition) is 5. The summed E-state index contributed by atoms with van der Waals surface area (Å²) in [5.74, 6) is 5.33. The Morgan fingerprint density at radius 1 is 0.962 bits per heavy atom. The predicted octanol–water partition coefficient (Wildman–Crippen LogP) is 5.12. The number of aromatic nitrogens is 2. The van der Waals surface area contributed by atoms with Crippen molar-refractivity contribution in [3.63, 3.8) is 0 Å². The van der Waals surface area contributed by atoms with Gasteiger partial charge in [0.25, 0.3) is 0 Å². The van der Waals surface area contributed by atoms with Gasteiger partial charge in [-0.15, -0.1) is 0 Å². The van der Waals surface area contributed by atoms with Crippen molar-refractivity contribution in [3.8, 4) is 0 Å². The quantitative estimate of drug-likeness (QED) is 0.163. The number of nitrogens with zero attached hydrogens (tertiary/aromatic N) is 1. The molecule has 0 saturated heterocycles. The highest BCUT2D eigenvalue weighted by molar-refractivity contribution is 5.95. The summed E-state index contributed by atoms with van der Waals surface area (Å²) in [6, 6.07) is 0. The van der Waals surface area contributed by atoms with E-state index in [9.17, 15) is 4.79 Å². The van der Waals surface area contributed by atoms with Crippen LogP contribution >= 0.6 is 0 Å². The number of carbonyl (C=O) groups excluding carboxylic acids is 1. The summed E-state index contributed by atoms with van der Waals surface area (Å²) >= 11 is 0. The number of methoxy groups -OCH3 is 1. The van der Waals surface area contributed by atoms with Crippen LogP contribution in [-0.2, 0) is 11.2 Å². The average Bonchev–Trinajstić information content (AvgIpc) is 3.07. The zero-order chi connectivity index (χ0) is 19.0. The first-order chi connectivity index (χ1) is 12.7. The molecule has 0 aliphatic carbocycles. The monoisotopic (exact) mass is 366 g/mol. The largest absolute Gasteiger partial charge is 0.465 e. The number of nitrogen functional groups attached to an aromatic ring is 1. The van der Waals surface area contributed by atoms with Crippen molar-refractivity contribution in [1.29, 1.82) is 0 Å². The van der Waals surface area contributed by atoms with Crippen molar-refractivity contribution in [1.82, 2.24) is 10.2 Å².